The molecule has 2 unspecified atom stereocenters. The van der Waals surface area contributed by atoms with Crippen molar-refractivity contribution in [1.82, 2.24) is 0 Å². The maximum Gasteiger partial charge on any atom is 0.0499 e. The molecule has 0 aliphatic heterocycles. The zero-order chi connectivity index (χ0) is 37.6. The predicted molar refractivity (Wildman–Crippen MR) is 236 cm³/mol. The van der Waals surface area contributed by atoms with Gasteiger partial charge in [0.15, 0.2) is 0 Å². The summed E-state index contributed by atoms with van der Waals surface area (Å²) < 4.78 is 0. The van der Waals surface area contributed by atoms with Gasteiger partial charge in [0.05, 0.1) is 0 Å². The summed E-state index contributed by atoms with van der Waals surface area (Å²) in [6.45, 7) is 4.72. The molecule has 56 heavy (non-hydrogen) atoms. The average Bonchev–Trinajstić information content (AvgIpc) is 3.50. The van der Waals surface area contributed by atoms with E-state index in [2.05, 4.69) is 231 Å². The smallest absolute Gasteiger partial charge is 0.0499 e. The first-order chi connectivity index (χ1) is 27.5. The highest BCUT2D eigenvalue weighted by molar-refractivity contribution is 5.86. The fraction of sp³-hybridized carbons (Fsp3) is 0.0909. The monoisotopic (exact) mass is 717 g/mol. The molecular weight excluding hydrogens is 675 g/mol. The number of allylic oxidation sites excluding steroid dienone is 1. The largest absolute Gasteiger partial charge is 0.310 e. The minimum atomic E-state index is -0.0630. The number of hydrogen-bond acceptors (Lipinski definition) is 1. The summed E-state index contributed by atoms with van der Waals surface area (Å²) in [5.41, 5.74) is 19.0. The summed E-state index contributed by atoms with van der Waals surface area (Å²) in [4.78, 5) is 2.47. The van der Waals surface area contributed by atoms with Crippen molar-refractivity contribution in [3.8, 4) is 33.4 Å². The van der Waals surface area contributed by atoms with E-state index in [9.17, 15) is 0 Å². The van der Waals surface area contributed by atoms with E-state index in [1.807, 2.05) is 0 Å². The van der Waals surface area contributed by atoms with Gasteiger partial charge in [-0.05, 0) is 103 Å². The maximum atomic E-state index is 2.47. The lowest BCUT2D eigenvalue weighted by atomic mass is 9.72. The molecule has 0 N–H and O–H groups in total. The number of fused-ring (bicyclic) bond motifs is 4. The molecule has 0 aromatic heterocycles. The van der Waals surface area contributed by atoms with Crippen LogP contribution in [0.5, 0.6) is 0 Å². The third kappa shape index (κ3) is 5.79. The van der Waals surface area contributed by atoms with Gasteiger partial charge >= 0.3 is 0 Å². The van der Waals surface area contributed by atoms with Gasteiger partial charge in [0.25, 0.3) is 0 Å². The van der Waals surface area contributed by atoms with Crippen LogP contribution in [0.1, 0.15) is 59.1 Å². The molecule has 10 rings (SSSR count). The third-order valence-electron chi connectivity index (χ3n) is 12.1. The maximum absolute atomic E-state index is 2.47. The van der Waals surface area contributed by atoms with Crippen LogP contribution < -0.4 is 4.90 Å². The molecule has 2 aliphatic carbocycles. The zero-order valence-electron chi connectivity index (χ0n) is 31.8. The summed E-state index contributed by atoms with van der Waals surface area (Å²) >= 11 is 0. The first-order valence-electron chi connectivity index (χ1n) is 19.8. The molecule has 1 nitrogen and oxygen atoms in total. The van der Waals surface area contributed by atoms with E-state index in [-0.39, 0.29) is 17.3 Å². The molecule has 0 amide bonds. The molecule has 8 aromatic rings. The van der Waals surface area contributed by atoms with E-state index in [0.717, 1.165) is 11.4 Å². The lowest BCUT2D eigenvalue weighted by Crippen LogP contribution is -2.19. The van der Waals surface area contributed by atoms with Crippen molar-refractivity contribution in [1.29, 1.82) is 0 Å². The van der Waals surface area contributed by atoms with Crippen molar-refractivity contribution in [3.05, 3.63) is 240 Å². The lowest BCUT2D eigenvalue weighted by Gasteiger charge is -2.35. The van der Waals surface area contributed by atoms with Gasteiger partial charge in [0, 0.05) is 34.3 Å². The predicted octanol–water partition coefficient (Wildman–Crippen LogP) is 14.7. The van der Waals surface area contributed by atoms with Crippen LogP contribution in [0.4, 0.5) is 17.1 Å². The number of benzene rings is 8. The van der Waals surface area contributed by atoms with E-state index in [4.69, 9.17) is 0 Å². The quantitative estimate of drug-likeness (QED) is 0.159. The lowest BCUT2D eigenvalue weighted by molar-refractivity contribution is 0.660. The SMILES string of the molecule is CC1(C)c2ccccc2-c2ccc(-c3cccc(N(c4ccc(-c5ccccc5)cc4)c4ccccc4C4C=Cc5ccccc5C4c4ccccc4)c3)cc21. The van der Waals surface area contributed by atoms with E-state index >= 15 is 0 Å². The van der Waals surface area contributed by atoms with Crippen LogP contribution >= 0.6 is 0 Å². The average molecular weight is 718 g/mol. The Morgan fingerprint density at radius 1 is 0.429 bits per heavy atom. The van der Waals surface area contributed by atoms with Crippen molar-refractivity contribution >= 4 is 23.1 Å². The van der Waals surface area contributed by atoms with Crippen LogP contribution in [0.15, 0.2) is 206 Å². The van der Waals surface area contributed by atoms with E-state index < -0.39 is 0 Å². The van der Waals surface area contributed by atoms with E-state index in [1.165, 1.54) is 72.4 Å². The first-order valence-corrected chi connectivity index (χ1v) is 19.8. The van der Waals surface area contributed by atoms with Gasteiger partial charge in [-0.15, -0.1) is 0 Å². The number of rotatable bonds is 7. The summed E-state index contributed by atoms with van der Waals surface area (Å²) in [5.74, 6) is 0.296. The van der Waals surface area contributed by atoms with Crippen molar-refractivity contribution in [3.63, 3.8) is 0 Å². The van der Waals surface area contributed by atoms with Gasteiger partial charge in [0.2, 0.25) is 0 Å². The van der Waals surface area contributed by atoms with Crippen molar-refractivity contribution in [2.75, 3.05) is 4.90 Å². The fourth-order valence-corrected chi connectivity index (χ4v) is 9.33. The van der Waals surface area contributed by atoms with Crippen LogP contribution in [0, 0.1) is 0 Å². The normalized spacial score (nSPS) is 16.1. The summed E-state index contributed by atoms with van der Waals surface area (Å²) in [6, 6.07) is 73.7. The number of nitrogens with zero attached hydrogens (tertiary/aromatic N) is 1. The van der Waals surface area contributed by atoms with Gasteiger partial charge in [-0.3, -0.25) is 0 Å². The van der Waals surface area contributed by atoms with Gasteiger partial charge < -0.3 is 4.90 Å². The first kappa shape index (κ1) is 33.8. The second-order valence-electron chi connectivity index (χ2n) is 15.7. The third-order valence-corrected chi connectivity index (χ3v) is 12.1. The Kier molecular flexibility index (Phi) is 8.37. The van der Waals surface area contributed by atoms with Crippen LogP contribution in [0.3, 0.4) is 0 Å². The fourth-order valence-electron chi connectivity index (χ4n) is 9.33. The Morgan fingerprint density at radius 3 is 1.86 bits per heavy atom. The Balaban J connectivity index is 1.12. The van der Waals surface area contributed by atoms with Gasteiger partial charge in [0.1, 0.15) is 0 Å². The van der Waals surface area contributed by atoms with Crippen LogP contribution in [-0.4, -0.2) is 0 Å². The van der Waals surface area contributed by atoms with Crippen LogP contribution in [-0.2, 0) is 5.41 Å². The Bertz CT molecular complexity index is 2720. The van der Waals surface area contributed by atoms with Crippen LogP contribution in [0.25, 0.3) is 39.5 Å². The second-order valence-corrected chi connectivity index (χ2v) is 15.7. The molecule has 8 aromatic carbocycles. The summed E-state index contributed by atoms with van der Waals surface area (Å²) in [5, 5.41) is 0. The van der Waals surface area contributed by atoms with Gasteiger partial charge in [-0.1, -0.05) is 190 Å². The van der Waals surface area contributed by atoms with E-state index in [1.54, 1.807) is 0 Å². The second kappa shape index (κ2) is 13.9. The summed E-state index contributed by atoms with van der Waals surface area (Å²) in [6.07, 6.45) is 4.75. The molecule has 0 fully saturated rings. The number of para-hydroxylation sites is 1. The molecule has 0 saturated carbocycles. The molecule has 0 bridgehead atoms. The van der Waals surface area contributed by atoms with Crippen LogP contribution in [0.2, 0.25) is 0 Å². The minimum absolute atomic E-state index is 0.0630. The molecule has 268 valence electrons. The van der Waals surface area contributed by atoms with Crippen molar-refractivity contribution in [2.45, 2.75) is 31.1 Å². The van der Waals surface area contributed by atoms with Gasteiger partial charge in [-0.2, -0.15) is 0 Å². The van der Waals surface area contributed by atoms with Gasteiger partial charge in [-0.25, -0.2) is 0 Å². The standard InChI is InChI=1S/C55H43N/c1-55(2)51-26-13-11-24-47(51)48-34-31-43(37-52(48)55)42-21-15-22-45(36-42)56(44-32-28-39(29-33-44)38-16-5-3-6-17-38)53-27-14-12-25-49(53)50-35-30-40-18-9-10-23-46(40)54(50)41-19-7-4-8-20-41/h3-37,50,54H,1-2H3. The molecule has 0 saturated heterocycles. The topological polar surface area (TPSA) is 3.24 Å². The molecular formula is C55H43N. The molecule has 2 aliphatic rings. The molecule has 1 heteroatoms. The van der Waals surface area contributed by atoms with Crippen molar-refractivity contribution < 1.29 is 0 Å². The highest BCUT2D eigenvalue weighted by Crippen LogP contribution is 2.51. The number of anilines is 3. The molecule has 2 atom stereocenters. The highest BCUT2D eigenvalue weighted by atomic mass is 15.1. The minimum Gasteiger partial charge on any atom is -0.310 e. The molecule has 0 radical (unpaired) electrons. The summed E-state index contributed by atoms with van der Waals surface area (Å²) in [7, 11) is 0. The number of hydrogen-bond donors (Lipinski definition) is 0. The molecule has 0 spiro atoms. The van der Waals surface area contributed by atoms with Crippen molar-refractivity contribution in [2.24, 2.45) is 0 Å². The molecule has 0 heterocycles. The Morgan fingerprint density at radius 2 is 1.04 bits per heavy atom. The van der Waals surface area contributed by atoms with E-state index in [0.29, 0.717) is 0 Å². The Hall–Kier alpha value is -6.70. The highest BCUT2D eigenvalue weighted by Gasteiger charge is 2.35. The Labute approximate surface area is 330 Å². The zero-order valence-corrected chi connectivity index (χ0v) is 31.8.